The molecule has 0 radical (unpaired) electrons. The molecule has 0 spiro atoms. The highest BCUT2D eigenvalue weighted by molar-refractivity contribution is 7.84. The highest BCUT2D eigenvalue weighted by Gasteiger charge is 2.13. The van der Waals surface area contributed by atoms with Crippen LogP contribution in [0.15, 0.2) is 18.2 Å². The van der Waals surface area contributed by atoms with E-state index in [0.717, 1.165) is 11.3 Å². The molecule has 0 saturated heterocycles. The fourth-order valence-corrected chi connectivity index (χ4v) is 2.53. The van der Waals surface area contributed by atoms with Crippen LogP contribution in [-0.2, 0) is 16.6 Å². The van der Waals surface area contributed by atoms with Gasteiger partial charge in [0.1, 0.15) is 5.75 Å². The summed E-state index contributed by atoms with van der Waals surface area (Å²) < 4.78 is 17.3. The molecular formula is C14H23NO2S. The van der Waals surface area contributed by atoms with Gasteiger partial charge in [0.15, 0.2) is 0 Å². The molecule has 0 amide bonds. The van der Waals surface area contributed by atoms with Crippen LogP contribution in [0.3, 0.4) is 0 Å². The van der Waals surface area contributed by atoms with Crippen molar-refractivity contribution in [3.05, 3.63) is 29.3 Å². The SMILES string of the molecule is CNC(C)c1ccc(OC)c(CS(=O)C(C)C)c1. The van der Waals surface area contributed by atoms with Gasteiger partial charge >= 0.3 is 0 Å². The molecule has 0 aliphatic carbocycles. The van der Waals surface area contributed by atoms with Gasteiger partial charge in [-0.2, -0.15) is 0 Å². The smallest absolute Gasteiger partial charge is 0.123 e. The first-order chi connectivity index (χ1) is 8.49. The van der Waals surface area contributed by atoms with Crippen molar-refractivity contribution in [3.63, 3.8) is 0 Å². The van der Waals surface area contributed by atoms with Crippen molar-refractivity contribution in [1.82, 2.24) is 5.32 Å². The van der Waals surface area contributed by atoms with Crippen molar-refractivity contribution in [2.24, 2.45) is 0 Å². The molecule has 1 aromatic carbocycles. The van der Waals surface area contributed by atoms with Crippen molar-refractivity contribution in [3.8, 4) is 5.75 Å². The molecule has 1 aromatic rings. The number of hydrogen-bond donors (Lipinski definition) is 1. The predicted octanol–water partition coefficient (Wildman–Crippen LogP) is 2.63. The van der Waals surface area contributed by atoms with Crippen LogP contribution in [0.25, 0.3) is 0 Å². The third-order valence-corrected chi connectivity index (χ3v) is 4.71. The molecule has 0 fully saturated rings. The van der Waals surface area contributed by atoms with E-state index >= 15 is 0 Å². The monoisotopic (exact) mass is 269 g/mol. The fraction of sp³-hybridized carbons (Fsp3) is 0.571. The summed E-state index contributed by atoms with van der Waals surface area (Å²) in [5, 5.41) is 3.37. The number of hydrogen-bond acceptors (Lipinski definition) is 3. The standard InChI is InChI=1S/C14H23NO2S/c1-10(2)18(16)9-13-8-12(11(3)15-4)6-7-14(13)17-5/h6-8,10-11,15H,9H2,1-5H3. The van der Waals surface area contributed by atoms with Crippen molar-refractivity contribution in [2.75, 3.05) is 14.2 Å². The lowest BCUT2D eigenvalue weighted by Gasteiger charge is -2.15. The average molecular weight is 269 g/mol. The van der Waals surface area contributed by atoms with E-state index in [4.69, 9.17) is 4.74 Å². The first kappa shape index (κ1) is 15.2. The topological polar surface area (TPSA) is 38.3 Å². The van der Waals surface area contributed by atoms with Crippen LogP contribution in [-0.4, -0.2) is 23.6 Å². The van der Waals surface area contributed by atoms with Gasteiger partial charge in [0.2, 0.25) is 0 Å². The second-order valence-electron chi connectivity index (χ2n) is 4.66. The number of rotatable bonds is 6. The highest BCUT2D eigenvalue weighted by Crippen LogP contribution is 2.25. The van der Waals surface area contributed by atoms with Crippen molar-refractivity contribution >= 4 is 10.8 Å². The maximum absolute atomic E-state index is 12.0. The highest BCUT2D eigenvalue weighted by atomic mass is 32.2. The molecule has 2 atom stereocenters. The van der Waals surface area contributed by atoms with Crippen molar-refractivity contribution < 1.29 is 8.95 Å². The molecule has 4 heteroatoms. The summed E-state index contributed by atoms with van der Waals surface area (Å²) >= 11 is 0. The minimum absolute atomic E-state index is 0.167. The molecule has 2 unspecified atom stereocenters. The largest absolute Gasteiger partial charge is 0.496 e. The normalized spacial score (nSPS) is 14.6. The van der Waals surface area contributed by atoms with Gasteiger partial charge in [-0.1, -0.05) is 19.9 Å². The molecule has 3 nitrogen and oxygen atoms in total. The number of nitrogens with one attached hydrogen (secondary N) is 1. The summed E-state index contributed by atoms with van der Waals surface area (Å²) in [6.07, 6.45) is 0. The molecule has 0 aliphatic heterocycles. The lowest BCUT2D eigenvalue weighted by atomic mass is 10.1. The molecule has 18 heavy (non-hydrogen) atoms. The van der Waals surface area contributed by atoms with Gasteiger partial charge in [-0.3, -0.25) is 4.21 Å². The third kappa shape index (κ3) is 3.82. The van der Waals surface area contributed by atoms with E-state index in [9.17, 15) is 4.21 Å². The van der Waals surface area contributed by atoms with Gasteiger partial charge in [0, 0.05) is 27.7 Å². The number of benzene rings is 1. The zero-order valence-electron chi connectivity index (χ0n) is 11.8. The maximum Gasteiger partial charge on any atom is 0.123 e. The Morgan fingerprint density at radius 3 is 2.50 bits per heavy atom. The lowest BCUT2D eigenvalue weighted by molar-refractivity contribution is 0.410. The van der Waals surface area contributed by atoms with Crippen LogP contribution in [0.4, 0.5) is 0 Å². The molecule has 0 bridgehead atoms. The average Bonchev–Trinajstić information content (AvgIpc) is 2.37. The summed E-state index contributed by atoms with van der Waals surface area (Å²) in [6.45, 7) is 6.05. The summed E-state index contributed by atoms with van der Waals surface area (Å²) in [6, 6.07) is 6.36. The molecule has 1 rings (SSSR count). The summed E-state index contributed by atoms with van der Waals surface area (Å²) in [4.78, 5) is 0. The molecule has 0 saturated carbocycles. The minimum atomic E-state index is -0.858. The van der Waals surface area contributed by atoms with E-state index in [2.05, 4.69) is 18.3 Å². The first-order valence-electron chi connectivity index (χ1n) is 6.20. The van der Waals surface area contributed by atoms with Gasteiger partial charge in [-0.15, -0.1) is 0 Å². The van der Waals surface area contributed by atoms with E-state index < -0.39 is 10.8 Å². The van der Waals surface area contributed by atoms with E-state index in [1.807, 2.05) is 33.0 Å². The molecule has 1 N–H and O–H groups in total. The molecule has 0 aromatic heterocycles. The Balaban J connectivity index is 3.02. The molecule has 0 aliphatic rings. The van der Waals surface area contributed by atoms with Crippen LogP contribution in [0.2, 0.25) is 0 Å². The summed E-state index contributed by atoms with van der Waals surface area (Å²) in [5.74, 6) is 1.36. The van der Waals surface area contributed by atoms with Gasteiger partial charge in [-0.25, -0.2) is 0 Å². The molecule has 0 heterocycles. The van der Waals surface area contributed by atoms with Gasteiger partial charge in [0.25, 0.3) is 0 Å². The van der Waals surface area contributed by atoms with Gasteiger partial charge in [-0.05, 0) is 31.7 Å². The summed E-state index contributed by atoms with van der Waals surface area (Å²) in [7, 11) is 2.72. The Bertz CT molecular complexity index is 418. The van der Waals surface area contributed by atoms with E-state index in [-0.39, 0.29) is 11.3 Å². The second kappa shape index (κ2) is 6.90. The first-order valence-corrected chi connectivity index (χ1v) is 7.59. The van der Waals surface area contributed by atoms with E-state index in [0.29, 0.717) is 5.75 Å². The van der Waals surface area contributed by atoms with Crippen LogP contribution >= 0.6 is 0 Å². The summed E-state index contributed by atoms with van der Waals surface area (Å²) in [5.41, 5.74) is 2.21. The third-order valence-electron chi connectivity index (χ3n) is 3.06. The van der Waals surface area contributed by atoms with Crippen molar-refractivity contribution in [1.29, 1.82) is 0 Å². The minimum Gasteiger partial charge on any atom is -0.496 e. The second-order valence-corrected chi connectivity index (χ2v) is 6.65. The van der Waals surface area contributed by atoms with Crippen LogP contribution in [0, 0.1) is 0 Å². The number of ether oxygens (including phenoxy) is 1. The Morgan fingerprint density at radius 1 is 1.33 bits per heavy atom. The fourth-order valence-electron chi connectivity index (χ4n) is 1.67. The number of methoxy groups -OCH3 is 1. The van der Waals surface area contributed by atoms with Gasteiger partial charge < -0.3 is 10.1 Å². The Hall–Kier alpha value is -0.870. The zero-order chi connectivity index (χ0) is 13.7. The maximum atomic E-state index is 12.0. The van der Waals surface area contributed by atoms with Crippen molar-refractivity contribution in [2.45, 2.75) is 37.8 Å². The van der Waals surface area contributed by atoms with Crippen LogP contribution < -0.4 is 10.1 Å². The zero-order valence-corrected chi connectivity index (χ0v) is 12.6. The Morgan fingerprint density at radius 2 is 2.00 bits per heavy atom. The van der Waals surface area contributed by atoms with Crippen LogP contribution in [0.5, 0.6) is 5.75 Å². The van der Waals surface area contributed by atoms with E-state index in [1.165, 1.54) is 5.56 Å². The predicted molar refractivity (Wildman–Crippen MR) is 77.5 cm³/mol. The molecular weight excluding hydrogens is 246 g/mol. The Labute approximate surface area is 112 Å². The Kier molecular flexibility index (Phi) is 5.82. The lowest BCUT2D eigenvalue weighted by Crippen LogP contribution is -2.13. The molecule has 102 valence electrons. The van der Waals surface area contributed by atoms with Crippen LogP contribution in [0.1, 0.15) is 37.9 Å². The van der Waals surface area contributed by atoms with E-state index in [1.54, 1.807) is 7.11 Å². The van der Waals surface area contributed by atoms with Gasteiger partial charge in [0.05, 0.1) is 12.9 Å². The quantitative estimate of drug-likeness (QED) is 0.863.